The van der Waals surface area contributed by atoms with Crippen LogP contribution in [0.25, 0.3) is 0 Å². The molecule has 1 saturated carbocycles. The fraction of sp³-hybridized carbons (Fsp3) is 0.444. The van der Waals surface area contributed by atoms with Crippen LogP contribution in [-0.4, -0.2) is 42.9 Å². The number of nitrogens with two attached hydrogens (primary N) is 1. The van der Waals surface area contributed by atoms with Gasteiger partial charge in [0.1, 0.15) is 0 Å². The predicted molar refractivity (Wildman–Crippen MR) is 100 cm³/mol. The number of halogens is 1. The van der Waals surface area contributed by atoms with Crippen molar-refractivity contribution in [1.29, 1.82) is 0 Å². The molecule has 2 heterocycles. The van der Waals surface area contributed by atoms with Crippen LogP contribution in [0.4, 0.5) is 21.8 Å². The van der Waals surface area contributed by atoms with Crippen molar-refractivity contribution >= 4 is 23.4 Å². The Hall–Kier alpha value is -3.01. The van der Waals surface area contributed by atoms with Gasteiger partial charge in [0, 0.05) is 12.2 Å². The SMILES string of the molecule is C[C@@H](O)Cn1cc(Nc2ncc(F)c(N[C@H]3[C@@H](C(N)=O)[C@@H]4C=C[C@H]3C4)n2)cn1. The van der Waals surface area contributed by atoms with Crippen molar-refractivity contribution in [3.63, 3.8) is 0 Å². The van der Waals surface area contributed by atoms with Crippen LogP contribution in [0.2, 0.25) is 0 Å². The maximum Gasteiger partial charge on any atom is 0.229 e. The van der Waals surface area contributed by atoms with E-state index < -0.39 is 17.8 Å². The fourth-order valence-electron chi connectivity index (χ4n) is 4.02. The molecule has 2 aromatic rings. The minimum atomic E-state index is -0.606. The number of aromatic nitrogens is 4. The Bertz CT molecular complexity index is 913. The molecule has 2 bridgehead atoms. The van der Waals surface area contributed by atoms with Crippen LogP contribution in [0.15, 0.2) is 30.7 Å². The molecule has 0 saturated heterocycles. The summed E-state index contributed by atoms with van der Waals surface area (Å²) in [6.07, 6.45) is 8.66. The van der Waals surface area contributed by atoms with Crippen molar-refractivity contribution in [2.45, 2.75) is 32.0 Å². The average molecular weight is 387 g/mol. The number of primary amides is 1. The number of aliphatic hydroxyl groups is 1. The van der Waals surface area contributed by atoms with Crippen LogP contribution >= 0.6 is 0 Å². The maximum atomic E-state index is 14.3. The first-order chi connectivity index (χ1) is 13.4. The summed E-state index contributed by atoms with van der Waals surface area (Å²) in [5.74, 6) is -0.979. The van der Waals surface area contributed by atoms with E-state index in [2.05, 4.69) is 25.7 Å². The number of aliphatic hydroxyl groups excluding tert-OH is 1. The van der Waals surface area contributed by atoms with Crippen molar-refractivity contribution in [2.75, 3.05) is 10.6 Å². The molecule has 2 aliphatic rings. The van der Waals surface area contributed by atoms with E-state index in [0.717, 1.165) is 12.6 Å². The van der Waals surface area contributed by atoms with Gasteiger partial charge in [-0.15, -0.1) is 0 Å². The number of fused-ring (bicyclic) bond motifs is 2. The highest BCUT2D eigenvalue weighted by Gasteiger charge is 2.47. The lowest BCUT2D eigenvalue weighted by Gasteiger charge is -2.27. The van der Waals surface area contributed by atoms with Crippen molar-refractivity contribution in [2.24, 2.45) is 23.5 Å². The van der Waals surface area contributed by atoms with Gasteiger partial charge in [0.15, 0.2) is 11.6 Å². The molecule has 0 aromatic carbocycles. The molecule has 1 fully saturated rings. The second-order valence-electron chi connectivity index (χ2n) is 7.36. The maximum absolute atomic E-state index is 14.3. The summed E-state index contributed by atoms with van der Waals surface area (Å²) in [5.41, 5.74) is 6.16. The van der Waals surface area contributed by atoms with Gasteiger partial charge in [-0.2, -0.15) is 10.1 Å². The molecule has 4 rings (SSSR count). The molecule has 2 aliphatic carbocycles. The first kappa shape index (κ1) is 18.4. The van der Waals surface area contributed by atoms with Gasteiger partial charge < -0.3 is 21.5 Å². The molecule has 0 spiro atoms. The van der Waals surface area contributed by atoms with Crippen LogP contribution in [0.5, 0.6) is 0 Å². The number of carbonyl (C=O) groups excluding carboxylic acids is 1. The molecular weight excluding hydrogens is 365 g/mol. The molecule has 148 valence electrons. The van der Waals surface area contributed by atoms with Gasteiger partial charge in [0.2, 0.25) is 11.9 Å². The highest BCUT2D eigenvalue weighted by Crippen LogP contribution is 2.44. The lowest BCUT2D eigenvalue weighted by Crippen LogP contribution is -2.41. The third-order valence-corrected chi connectivity index (χ3v) is 5.18. The van der Waals surface area contributed by atoms with Gasteiger partial charge >= 0.3 is 0 Å². The second kappa shape index (κ2) is 7.19. The molecule has 10 heteroatoms. The van der Waals surface area contributed by atoms with E-state index in [1.54, 1.807) is 24.0 Å². The highest BCUT2D eigenvalue weighted by atomic mass is 19.1. The molecular formula is C18H22FN7O2. The van der Waals surface area contributed by atoms with Crippen LogP contribution in [-0.2, 0) is 11.3 Å². The Morgan fingerprint density at radius 1 is 1.43 bits per heavy atom. The van der Waals surface area contributed by atoms with Crippen molar-refractivity contribution in [3.8, 4) is 0 Å². The summed E-state index contributed by atoms with van der Waals surface area (Å²) in [6.45, 7) is 2.02. The van der Waals surface area contributed by atoms with Gasteiger partial charge in [-0.25, -0.2) is 9.37 Å². The fourth-order valence-corrected chi connectivity index (χ4v) is 4.02. The van der Waals surface area contributed by atoms with Crippen LogP contribution in [0.3, 0.4) is 0 Å². The summed E-state index contributed by atoms with van der Waals surface area (Å²) >= 11 is 0. The number of nitrogens with zero attached hydrogens (tertiary/aromatic N) is 4. The van der Waals surface area contributed by atoms with E-state index in [4.69, 9.17) is 5.73 Å². The quantitative estimate of drug-likeness (QED) is 0.522. The van der Waals surface area contributed by atoms with Gasteiger partial charge in [-0.3, -0.25) is 9.48 Å². The summed E-state index contributed by atoms with van der Waals surface area (Å²) in [7, 11) is 0. The number of nitrogens with one attached hydrogen (secondary N) is 2. The number of anilines is 3. The summed E-state index contributed by atoms with van der Waals surface area (Å²) in [5, 5.41) is 19.6. The molecule has 9 nitrogen and oxygen atoms in total. The normalized spacial score (nSPS) is 26.4. The second-order valence-corrected chi connectivity index (χ2v) is 7.36. The number of allylic oxidation sites excluding steroid dienone is 1. The van der Waals surface area contributed by atoms with Crippen LogP contribution in [0, 0.1) is 23.6 Å². The predicted octanol–water partition coefficient (Wildman–Crippen LogP) is 1.02. The molecule has 5 N–H and O–H groups in total. The van der Waals surface area contributed by atoms with Gasteiger partial charge in [-0.1, -0.05) is 12.2 Å². The Kier molecular flexibility index (Phi) is 4.71. The standard InChI is InChI=1S/C18H22FN7O2/c1-9(27)7-26-8-12(5-22-26)23-18-21-6-13(19)17(25-18)24-15-11-3-2-10(4-11)14(15)16(20)28/h2-3,5-6,8-11,14-15,27H,4,7H2,1H3,(H2,20,28)(H2,21,23,24,25)/t9-,10-,11+,14+,15-/m1/s1. The molecule has 0 radical (unpaired) electrons. The van der Waals surface area contributed by atoms with Crippen molar-refractivity contribution in [3.05, 3.63) is 36.6 Å². The zero-order valence-electron chi connectivity index (χ0n) is 15.3. The Morgan fingerprint density at radius 3 is 2.96 bits per heavy atom. The highest BCUT2D eigenvalue weighted by molar-refractivity contribution is 5.79. The lowest BCUT2D eigenvalue weighted by molar-refractivity contribution is -0.122. The molecule has 28 heavy (non-hydrogen) atoms. The first-order valence-corrected chi connectivity index (χ1v) is 9.15. The average Bonchev–Trinajstić information content (AvgIpc) is 3.33. The van der Waals surface area contributed by atoms with Gasteiger partial charge in [0.25, 0.3) is 0 Å². The molecule has 0 aliphatic heterocycles. The first-order valence-electron chi connectivity index (χ1n) is 9.15. The van der Waals surface area contributed by atoms with Crippen LogP contribution < -0.4 is 16.4 Å². The summed E-state index contributed by atoms with van der Waals surface area (Å²) in [4.78, 5) is 20.0. The molecule has 0 unspecified atom stereocenters. The Morgan fingerprint density at radius 2 is 2.21 bits per heavy atom. The van der Waals surface area contributed by atoms with E-state index in [1.807, 2.05) is 12.2 Å². The summed E-state index contributed by atoms with van der Waals surface area (Å²) < 4.78 is 15.9. The number of rotatable bonds is 7. The van der Waals surface area contributed by atoms with Crippen molar-refractivity contribution < 1.29 is 14.3 Å². The zero-order chi connectivity index (χ0) is 19.8. The largest absolute Gasteiger partial charge is 0.391 e. The molecule has 5 atom stereocenters. The van der Waals surface area contributed by atoms with Crippen molar-refractivity contribution in [1.82, 2.24) is 19.7 Å². The third kappa shape index (κ3) is 3.55. The molecule has 2 aromatic heterocycles. The smallest absolute Gasteiger partial charge is 0.229 e. The van der Waals surface area contributed by atoms with Crippen LogP contribution in [0.1, 0.15) is 13.3 Å². The summed E-state index contributed by atoms with van der Waals surface area (Å²) in [6, 6.07) is -0.293. The zero-order valence-corrected chi connectivity index (χ0v) is 15.3. The van der Waals surface area contributed by atoms with Gasteiger partial charge in [0.05, 0.1) is 36.6 Å². The minimum absolute atomic E-state index is 0.0195. The monoisotopic (exact) mass is 387 g/mol. The number of amides is 1. The van der Waals surface area contributed by atoms with E-state index in [-0.39, 0.29) is 35.6 Å². The van der Waals surface area contributed by atoms with E-state index in [9.17, 15) is 14.3 Å². The van der Waals surface area contributed by atoms with Gasteiger partial charge in [-0.05, 0) is 25.2 Å². The third-order valence-electron chi connectivity index (χ3n) is 5.18. The number of hydrogen-bond donors (Lipinski definition) is 4. The lowest BCUT2D eigenvalue weighted by atomic mass is 9.88. The number of hydrogen-bond acceptors (Lipinski definition) is 7. The molecule has 1 amide bonds. The van der Waals surface area contributed by atoms with E-state index in [1.165, 1.54) is 0 Å². The van der Waals surface area contributed by atoms with E-state index in [0.29, 0.717) is 12.2 Å². The van der Waals surface area contributed by atoms with E-state index >= 15 is 0 Å². The Labute approximate surface area is 160 Å². The topological polar surface area (TPSA) is 131 Å². The number of carbonyl (C=O) groups is 1. The Balaban J connectivity index is 1.50. The minimum Gasteiger partial charge on any atom is -0.391 e.